The molecule has 7 rings (SSSR count). The number of rotatable bonds is 7. The number of aromatic nitrogens is 1. The van der Waals surface area contributed by atoms with E-state index in [9.17, 15) is 4.79 Å². The first-order valence-corrected chi connectivity index (χ1v) is 13.9. The lowest BCUT2D eigenvalue weighted by Gasteiger charge is -2.56. The lowest BCUT2D eigenvalue weighted by atomic mass is 9.49. The first kappa shape index (κ1) is 22.7. The van der Waals surface area contributed by atoms with Crippen molar-refractivity contribution in [3.05, 3.63) is 17.7 Å². The summed E-state index contributed by atoms with van der Waals surface area (Å²) < 4.78 is 12.3. The summed E-state index contributed by atoms with van der Waals surface area (Å²) in [7, 11) is 1.70. The maximum atomic E-state index is 14.4. The number of benzene rings is 1. The van der Waals surface area contributed by atoms with Crippen LogP contribution in [0.4, 0.5) is 5.13 Å². The summed E-state index contributed by atoms with van der Waals surface area (Å²) in [6.07, 6.45) is 8.27. The van der Waals surface area contributed by atoms with Crippen LogP contribution in [0.15, 0.2) is 12.1 Å². The molecule has 7 heteroatoms. The second kappa shape index (κ2) is 9.07. The Labute approximate surface area is 206 Å². The fourth-order valence-electron chi connectivity index (χ4n) is 7.60. The van der Waals surface area contributed by atoms with Crippen LogP contribution in [0.2, 0.25) is 0 Å². The van der Waals surface area contributed by atoms with E-state index >= 15 is 0 Å². The maximum Gasteiger partial charge on any atom is 0.235 e. The Morgan fingerprint density at radius 1 is 1.18 bits per heavy atom. The summed E-state index contributed by atoms with van der Waals surface area (Å²) in [6, 6.07) is 4.08. The summed E-state index contributed by atoms with van der Waals surface area (Å²) in [6.45, 7) is 7.45. The summed E-state index contributed by atoms with van der Waals surface area (Å²) in [5.74, 6) is 3.40. The van der Waals surface area contributed by atoms with Crippen molar-refractivity contribution < 1.29 is 14.3 Å². The second-order valence-electron chi connectivity index (χ2n) is 11.2. The lowest BCUT2D eigenvalue weighted by molar-refractivity contribution is -0.143. The third-order valence-electron chi connectivity index (χ3n) is 8.84. The molecule has 1 aromatic heterocycles. The molecule has 0 radical (unpaired) electrons. The molecule has 2 aromatic rings. The molecule has 1 saturated heterocycles. The number of carbonyl (C=O) groups excluding carboxylic acids is 1. The maximum absolute atomic E-state index is 14.4. The van der Waals surface area contributed by atoms with Crippen molar-refractivity contribution in [3.8, 4) is 5.75 Å². The Hall–Kier alpha value is -1.70. The van der Waals surface area contributed by atoms with Gasteiger partial charge >= 0.3 is 0 Å². The van der Waals surface area contributed by atoms with Gasteiger partial charge in [-0.1, -0.05) is 17.4 Å². The van der Waals surface area contributed by atoms with Gasteiger partial charge in [-0.2, -0.15) is 0 Å². The Bertz CT molecular complexity index is 1030. The molecule has 4 saturated carbocycles. The van der Waals surface area contributed by atoms with Gasteiger partial charge in [-0.15, -0.1) is 0 Å². The minimum absolute atomic E-state index is 0.162. The number of fused-ring (bicyclic) bond motifs is 1. The zero-order valence-electron chi connectivity index (χ0n) is 20.6. The van der Waals surface area contributed by atoms with Gasteiger partial charge in [-0.25, -0.2) is 4.98 Å². The monoisotopic (exact) mass is 483 g/mol. The first-order chi connectivity index (χ1) is 16.5. The predicted octanol–water partition coefficient (Wildman–Crippen LogP) is 4.89. The van der Waals surface area contributed by atoms with E-state index in [0.29, 0.717) is 5.91 Å². The summed E-state index contributed by atoms with van der Waals surface area (Å²) >= 11 is 1.66. The third-order valence-corrected chi connectivity index (χ3v) is 10.1. The van der Waals surface area contributed by atoms with Gasteiger partial charge in [-0.3, -0.25) is 14.6 Å². The topological polar surface area (TPSA) is 54.9 Å². The van der Waals surface area contributed by atoms with Crippen molar-refractivity contribution in [1.82, 2.24) is 9.88 Å². The van der Waals surface area contributed by atoms with Gasteiger partial charge in [0.25, 0.3) is 0 Å². The average molecular weight is 484 g/mol. The van der Waals surface area contributed by atoms with Gasteiger partial charge in [0, 0.05) is 26.2 Å². The van der Waals surface area contributed by atoms with Crippen LogP contribution in [0.1, 0.15) is 50.5 Å². The van der Waals surface area contributed by atoms with Gasteiger partial charge in [0.2, 0.25) is 5.91 Å². The molecular formula is C27H37N3O3S. The SMILES string of the molecule is COc1ccc(C)c2sc(N(CCCN3CCOCC3)C(=O)C34CC5CC(CC(C5)C3)C4)nc12. The van der Waals surface area contributed by atoms with E-state index in [2.05, 4.69) is 22.8 Å². The molecule has 0 spiro atoms. The van der Waals surface area contributed by atoms with Gasteiger partial charge in [-0.05, 0) is 81.3 Å². The quantitative estimate of drug-likeness (QED) is 0.562. The molecule has 184 valence electrons. The number of anilines is 1. The number of morpholine rings is 1. The van der Waals surface area contributed by atoms with Gasteiger partial charge in [0.15, 0.2) is 5.13 Å². The first-order valence-electron chi connectivity index (χ1n) is 13.1. The number of methoxy groups -OCH3 is 1. The highest BCUT2D eigenvalue weighted by molar-refractivity contribution is 7.22. The van der Waals surface area contributed by atoms with Crippen LogP contribution in [0.25, 0.3) is 10.2 Å². The van der Waals surface area contributed by atoms with Crippen molar-refractivity contribution in [2.75, 3.05) is 51.4 Å². The molecule has 1 aromatic carbocycles. The number of hydrogen-bond acceptors (Lipinski definition) is 6. The van der Waals surface area contributed by atoms with E-state index in [1.54, 1.807) is 18.4 Å². The average Bonchev–Trinajstić information content (AvgIpc) is 3.28. The van der Waals surface area contributed by atoms with E-state index in [4.69, 9.17) is 14.5 Å². The minimum Gasteiger partial charge on any atom is -0.494 e. The largest absolute Gasteiger partial charge is 0.494 e. The van der Waals surface area contributed by atoms with Crippen LogP contribution in [0, 0.1) is 30.1 Å². The van der Waals surface area contributed by atoms with Crippen LogP contribution in [-0.4, -0.2) is 62.3 Å². The molecule has 5 aliphatic rings. The second-order valence-corrected chi connectivity index (χ2v) is 12.2. The van der Waals surface area contributed by atoms with Crippen molar-refractivity contribution in [1.29, 1.82) is 0 Å². The number of carbonyl (C=O) groups is 1. The van der Waals surface area contributed by atoms with Crippen LogP contribution in [-0.2, 0) is 9.53 Å². The van der Waals surface area contributed by atoms with Crippen molar-refractivity contribution >= 4 is 32.6 Å². The molecule has 34 heavy (non-hydrogen) atoms. The highest BCUT2D eigenvalue weighted by atomic mass is 32.1. The van der Waals surface area contributed by atoms with Crippen molar-refractivity contribution in [3.63, 3.8) is 0 Å². The molecule has 1 amide bonds. The Kier molecular flexibility index (Phi) is 6.06. The van der Waals surface area contributed by atoms with Gasteiger partial charge < -0.3 is 9.47 Å². The molecule has 2 heterocycles. The zero-order valence-corrected chi connectivity index (χ0v) is 21.4. The molecule has 6 nitrogen and oxygen atoms in total. The summed E-state index contributed by atoms with van der Waals surface area (Å²) in [5, 5.41) is 0.852. The molecule has 5 fully saturated rings. The minimum atomic E-state index is -0.162. The zero-order chi connectivity index (χ0) is 23.3. The van der Waals surface area contributed by atoms with Crippen molar-refractivity contribution in [2.45, 2.75) is 51.9 Å². The van der Waals surface area contributed by atoms with Crippen LogP contribution in [0.3, 0.4) is 0 Å². The fraction of sp³-hybridized carbons (Fsp3) is 0.704. The summed E-state index contributed by atoms with van der Waals surface area (Å²) in [4.78, 5) is 24.0. The van der Waals surface area contributed by atoms with E-state index in [1.807, 2.05) is 6.07 Å². The fourth-order valence-corrected chi connectivity index (χ4v) is 8.67. The smallest absolute Gasteiger partial charge is 0.235 e. The molecule has 0 N–H and O–H groups in total. The van der Waals surface area contributed by atoms with Crippen molar-refractivity contribution in [2.24, 2.45) is 23.2 Å². The normalized spacial score (nSPS) is 30.7. The number of nitrogens with zero attached hydrogens (tertiary/aromatic N) is 3. The van der Waals surface area contributed by atoms with Crippen LogP contribution in [0.5, 0.6) is 5.75 Å². The van der Waals surface area contributed by atoms with E-state index < -0.39 is 0 Å². The highest BCUT2D eigenvalue weighted by Crippen LogP contribution is 2.60. The van der Waals surface area contributed by atoms with E-state index in [1.165, 1.54) is 24.8 Å². The molecule has 1 aliphatic heterocycles. The summed E-state index contributed by atoms with van der Waals surface area (Å²) in [5.41, 5.74) is 1.92. The Morgan fingerprint density at radius 3 is 2.50 bits per heavy atom. The number of thiazole rings is 1. The number of amides is 1. The molecular weight excluding hydrogens is 446 g/mol. The Balaban J connectivity index is 1.31. The molecule has 4 aliphatic carbocycles. The molecule has 4 bridgehead atoms. The molecule has 0 atom stereocenters. The molecule has 0 unspecified atom stereocenters. The predicted molar refractivity (Wildman–Crippen MR) is 136 cm³/mol. The van der Waals surface area contributed by atoms with Gasteiger partial charge in [0.1, 0.15) is 11.3 Å². The van der Waals surface area contributed by atoms with Crippen LogP contribution >= 0.6 is 11.3 Å². The Morgan fingerprint density at radius 2 is 1.85 bits per heavy atom. The third kappa shape index (κ3) is 4.03. The number of aryl methyl sites for hydroxylation is 1. The number of hydrogen-bond donors (Lipinski definition) is 0. The van der Waals surface area contributed by atoms with E-state index in [-0.39, 0.29) is 5.41 Å². The van der Waals surface area contributed by atoms with Crippen LogP contribution < -0.4 is 9.64 Å². The standard InChI is InChI=1S/C27H37N3O3S/c1-18-4-5-22(32-2)23-24(18)34-26(28-23)30(7-3-6-29-8-10-33-11-9-29)25(31)27-15-19-12-20(16-27)14-21(13-19)17-27/h4-5,19-21H,3,6-17H2,1-2H3. The van der Waals surface area contributed by atoms with E-state index in [0.717, 1.165) is 104 Å². The highest BCUT2D eigenvalue weighted by Gasteiger charge is 2.56. The van der Waals surface area contributed by atoms with Gasteiger partial charge in [0.05, 0.1) is 30.4 Å². The lowest BCUT2D eigenvalue weighted by Crippen LogP contribution is -2.55. The number of ether oxygens (including phenoxy) is 2.